The summed E-state index contributed by atoms with van der Waals surface area (Å²) in [5, 5.41) is 13.0. The van der Waals surface area contributed by atoms with Crippen molar-refractivity contribution in [2.45, 2.75) is 20.3 Å². The number of halogens is 2. The molecule has 120 valence electrons. The van der Waals surface area contributed by atoms with Gasteiger partial charge < -0.3 is 4.57 Å². The van der Waals surface area contributed by atoms with Crippen molar-refractivity contribution in [1.82, 2.24) is 9.99 Å². The molecule has 0 bridgehead atoms. The van der Waals surface area contributed by atoms with Crippen LogP contribution in [0.15, 0.2) is 35.4 Å². The van der Waals surface area contributed by atoms with Gasteiger partial charge in [0, 0.05) is 27.7 Å². The van der Waals surface area contributed by atoms with E-state index in [4.69, 9.17) is 16.9 Å². The molecule has 0 aliphatic carbocycles. The van der Waals surface area contributed by atoms with E-state index < -0.39 is 5.91 Å². The highest BCUT2D eigenvalue weighted by Crippen LogP contribution is 2.21. The Morgan fingerprint density at radius 1 is 1.39 bits per heavy atom. The van der Waals surface area contributed by atoms with Crippen LogP contribution in [0.5, 0.6) is 0 Å². The number of hydrazone groups is 1. The van der Waals surface area contributed by atoms with Gasteiger partial charge in [-0.25, -0.2) is 5.43 Å². The predicted octanol–water partition coefficient (Wildman–Crippen LogP) is 3.53. The Hall–Kier alpha value is -2.29. The molecule has 5 nitrogen and oxygen atoms in total. The monoisotopic (exact) mass is 350 g/mol. The molecule has 1 heterocycles. The number of amides is 1. The van der Waals surface area contributed by atoms with Crippen LogP contribution in [0, 0.1) is 25.2 Å². The number of nitrogens with zero attached hydrogens (tertiary/aromatic N) is 3. The SMILES string of the molecule is Cc1cc(C=NNC(=O)CC#N)c(C)n1-c1ccc(Cl)cc1.Cl. The Bertz CT molecular complexity index is 758. The maximum Gasteiger partial charge on any atom is 0.254 e. The van der Waals surface area contributed by atoms with Crippen LogP contribution in [-0.4, -0.2) is 16.7 Å². The van der Waals surface area contributed by atoms with E-state index in [1.54, 1.807) is 12.3 Å². The summed E-state index contributed by atoms with van der Waals surface area (Å²) < 4.78 is 2.08. The minimum atomic E-state index is -0.426. The van der Waals surface area contributed by atoms with Crippen LogP contribution in [0.3, 0.4) is 0 Å². The van der Waals surface area contributed by atoms with Crippen molar-refractivity contribution in [3.8, 4) is 11.8 Å². The highest BCUT2D eigenvalue weighted by Gasteiger charge is 2.09. The first kappa shape index (κ1) is 18.8. The van der Waals surface area contributed by atoms with Gasteiger partial charge in [0.2, 0.25) is 0 Å². The third kappa shape index (κ3) is 4.59. The van der Waals surface area contributed by atoms with Gasteiger partial charge in [-0.3, -0.25) is 4.79 Å². The minimum Gasteiger partial charge on any atom is -0.318 e. The molecule has 0 spiro atoms. The number of rotatable bonds is 4. The number of carbonyl (C=O) groups excluding carboxylic acids is 1. The van der Waals surface area contributed by atoms with Crippen molar-refractivity contribution >= 4 is 36.1 Å². The Morgan fingerprint density at radius 3 is 2.65 bits per heavy atom. The van der Waals surface area contributed by atoms with Crippen molar-refractivity contribution in [1.29, 1.82) is 5.26 Å². The molecular weight excluding hydrogens is 335 g/mol. The molecule has 0 saturated heterocycles. The van der Waals surface area contributed by atoms with Crippen LogP contribution in [0.2, 0.25) is 5.02 Å². The first-order valence-corrected chi connectivity index (χ1v) is 7.04. The molecule has 1 aromatic heterocycles. The van der Waals surface area contributed by atoms with Gasteiger partial charge in [0.05, 0.1) is 12.3 Å². The number of hydrogen-bond donors (Lipinski definition) is 1. The van der Waals surface area contributed by atoms with Crippen LogP contribution in [-0.2, 0) is 4.79 Å². The molecule has 0 atom stereocenters. The zero-order chi connectivity index (χ0) is 16.1. The standard InChI is InChI=1S/C16H15ClN4O.ClH/c1-11-9-13(10-19-20-16(22)7-8-18)12(2)21(11)15-5-3-14(17)4-6-15;/h3-6,9-10H,7H2,1-2H3,(H,20,22);1H. The fraction of sp³-hybridized carbons (Fsp3) is 0.188. The summed E-state index contributed by atoms with van der Waals surface area (Å²) >= 11 is 5.91. The summed E-state index contributed by atoms with van der Waals surface area (Å²) in [5.74, 6) is -0.426. The predicted molar refractivity (Wildman–Crippen MR) is 93.5 cm³/mol. The van der Waals surface area contributed by atoms with Crippen molar-refractivity contribution in [2.75, 3.05) is 0 Å². The zero-order valence-corrected chi connectivity index (χ0v) is 14.3. The van der Waals surface area contributed by atoms with E-state index in [1.807, 2.05) is 44.2 Å². The Balaban J connectivity index is 0.00000264. The van der Waals surface area contributed by atoms with E-state index >= 15 is 0 Å². The molecule has 7 heteroatoms. The second kappa shape index (κ2) is 8.37. The van der Waals surface area contributed by atoms with E-state index in [0.29, 0.717) is 5.02 Å². The average molecular weight is 351 g/mol. The fourth-order valence-electron chi connectivity index (χ4n) is 2.19. The lowest BCUT2D eigenvalue weighted by Gasteiger charge is -2.09. The van der Waals surface area contributed by atoms with E-state index in [9.17, 15) is 4.79 Å². The quantitative estimate of drug-likeness (QED) is 0.676. The van der Waals surface area contributed by atoms with Crippen LogP contribution in [0.25, 0.3) is 5.69 Å². The van der Waals surface area contributed by atoms with Gasteiger partial charge >= 0.3 is 0 Å². The molecule has 0 unspecified atom stereocenters. The number of hydrogen-bond acceptors (Lipinski definition) is 3. The summed E-state index contributed by atoms with van der Waals surface area (Å²) in [4.78, 5) is 11.2. The van der Waals surface area contributed by atoms with Gasteiger partial charge in [-0.2, -0.15) is 10.4 Å². The molecule has 2 aromatic rings. The minimum absolute atomic E-state index is 0. The smallest absolute Gasteiger partial charge is 0.254 e. The molecule has 0 aliphatic rings. The number of carbonyl (C=O) groups is 1. The number of nitrogens with one attached hydrogen (secondary N) is 1. The number of aromatic nitrogens is 1. The molecule has 1 aromatic carbocycles. The molecule has 1 N–H and O–H groups in total. The average Bonchev–Trinajstić information content (AvgIpc) is 2.75. The van der Waals surface area contributed by atoms with E-state index in [0.717, 1.165) is 22.6 Å². The first-order valence-electron chi connectivity index (χ1n) is 6.66. The summed E-state index contributed by atoms with van der Waals surface area (Å²) in [6.45, 7) is 3.97. The van der Waals surface area contributed by atoms with E-state index in [1.165, 1.54) is 0 Å². The number of nitriles is 1. The van der Waals surface area contributed by atoms with Crippen LogP contribution < -0.4 is 5.43 Å². The molecule has 23 heavy (non-hydrogen) atoms. The highest BCUT2D eigenvalue weighted by molar-refractivity contribution is 6.30. The van der Waals surface area contributed by atoms with Gasteiger partial charge in [-0.15, -0.1) is 12.4 Å². The molecule has 0 fully saturated rings. The summed E-state index contributed by atoms with van der Waals surface area (Å²) in [6, 6.07) is 11.3. The molecule has 0 aliphatic heterocycles. The lowest BCUT2D eigenvalue weighted by atomic mass is 10.2. The van der Waals surface area contributed by atoms with E-state index in [2.05, 4.69) is 15.1 Å². The second-order valence-corrected chi connectivity index (χ2v) is 5.20. The van der Waals surface area contributed by atoms with Gasteiger partial charge in [0.15, 0.2) is 0 Å². The third-order valence-electron chi connectivity index (χ3n) is 3.19. The second-order valence-electron chi connectivity index (χ2n) is 4.77. The van der Waals surface area contributed by atoms with Crippen molar-refractivity contribution < 1.29 is 4.79 Å². The lowest BCUT2D eigenvalue weighted by Crippen LogP contribution is -2.16. The molecule has 1 amide bonds. The zero-order valence-electron chi connectivity index (χ0n) is 12.7. The Morgan fingerprint density at radius 2 is 2.04 bits per heavy atom. The largest absolute Gasteiger partial charge is 0.318 e. The topological polar surface area (TPSA) is 70.2 Å². The Kier molecular flexibility index (Phi) is 6.83. The van der Waals surface area contributed by atoms with Crippen molar-refractivity contribution in [3.63, 3.8) is 0 Å². The lowest BCUT2D eigenvalue weighted by molar-refractivity contribution is -0.120. The Labute approximate surface area is 146 Å². The van der Waals surface area contributed by atoms with Crippen molar-refractivity contribution in [3.05, 3.63) is 52.3 Å². The summed E-state index contributed by atoms with van der Waals surface area (Å²) in [7, 11) is 0. The fourth-order valence-corrected chi connectivity index (χ4v) is 2.32. The third-order valence-corrected chi connectivity index (χ3v) is 3.44. The maximum atomic E-state index is 11.2. The van der Waals surface area contributed by atoms with E-state index in [-0.39, 0.29) is 18.8 Å². The van der Waals surface area contributed by atoms with Gasteiger partial charge in [-0.1, -0.05) is 11.6 Å². The van der Waals surface area contributed by atoms with Crippen LogP contribution in [0.4, 0.5) is 0 Å². The molecule has 0 saturated carbocycles. The molecule has 2 rings (SSSR count). The van der Waals surface area contributed by atoms with Crippen molar-refractivity contribution in [2.24, 2.45) is 5.10 Å². The highest BCUT2D eigenvalue weighted by atomic mass is 35.5. The number of benzene rings is 1. The number of aryl methyl sites for hydroxylation is 1. The van der Waals surface area contributed by atoms with Gasteiger partial charge in [-0.05, 0) is 44.2 Å². The summed E-state index contributed by atoms with van der Waals surface area (Å²) in [6.07, 6.45) is 1.37. The molecular formula is C16H16Cl2N4O. The van der Waals surface area contributed by atoms with Crippen LogP contribution in [0.1, 0.15) is 23.4 Å². The summed E-state index contributed by atoms with van der Waals surface area (Å²) in [5.41, 5.74) is 6.26. The molecule has 0 radical (unpaired) electrons. The van der Waals surface area contributed by atoms with Gasteiger partial charge in [0.25, 0.3) is 5.91 Å². The maximum absolute atomic E-state index is 11.2. The van der Waals surface area contributed by atoms with Gasteiger partial charge in [0.1, 0.15) is 6.42 Å². The normalized spacial score (nSPS) is 10.2. The van der Waals surface area contributed by atoms with Crippen LogP contribution >= 0.6 is 24.0 Å². The first-order chi connectivity index (χ1) is 10.5.